The van der Waals surface area contributed by atoms with Crippen molar-refractivity contribution in [2.45, 2.75) is 5.75 Å². The quantitative estimate of drug-likeness (QED) is 0.773. The number of thioether (sulfide) groups is 1. The van der Waals surface area contributed by atoms with Gasteiger partial charge in [-0.15, -0.1) is 11.8 Å². The molecule has 0 aliphatic heterocycles. The molecule has 1 aromatic carbocycles. The van der Waals surface area contributed by atoms with Crippen LogP contribution in [-0.2, 0) is 20.6 Å². The van der Waals surface area contributed by atoms with E-state index in [9.17, 15) is 13.2 Å². The van der Waals surface area contributed by atoms with Gasteiger partial charge in [-0.1, -0.05) is 29.8 Å². The molecule has 21 heavy (non-hydrogen) atoms. The number of carbonyl (C=O) groups is 1. The van der Waals surface area contributed by atoms with E-state index in [1.54, 1.807) is 0 Å². The second kappa shape index (κ2) is 8.63. The fourth-order valence-corrected chi connectivity index (χ4v) is 3.00. The van der Waals surface area contributed by atoms with Crippen LogP contribution in [0.15, 0.2) is 24.3 Å². The molecule has 1 rings (SSSR count). The number of amides is 1. The standard InChI is InChI=1S/C13H19ClN2O3S2/c1-16(21(2,18)19)8-7-15-13(17)10-20-9-11-5-3-4-6-12(11)14/h3-6H,7-10H2,1-2H3,(H,15,17). The zero-order valence-corrected chi connectivity index (χ0v) is 14.4. The summed E-state index contributed by atoms with van der Waals surface area (Å²) in [6, 6.07) is 7.51. The third kappa shape index (κ3) is 7.17. The molecule has 0 radical (unpaired) electrons. The maximum absolute atomic E-state index is 11.6. The molecule has 118 valence electrons. The highest BCUT2D eigenvalue weighted by Crippen LogP contribution is 2.20. The number of carbonyl (C=O) groups excluding carboxylic acids is 1. The van der Waals surface area contributed by atoms with Crippen LogP contribution in [0.5, 0.6) is 0 Å². The average molecular weight is 351 g/mol. The van der Waals surface area contributed by atoms with Crippen molar-refractivity contribution in [3.8, 4) is 0 Å². The predicted octanol–water partition coefficient (Wildman–Crippen LogP) is 1.58. The minimum Gasteiger partial charge on any atom is -0.354 e. The Bertz CT molecular complexity index is 579. The summed E-state index contributed by atoms with van der Waals surface area (Å²) in [6.07, 6.45) is 1.13. The molecule has 0 saturated heterocycles. The third-order valence-electron chi connectivity index (χ3n) is 2.76. The van der Waals surface area contributed by atoms with Gasteiger partial charge in [-0.2, -0.15) is 0 Å². The van der Waals surface area contributed by atoms with Crippen LogP contribution in [-0.4, -0.2) is 50.8 Å². The van der Waals surface area contributed by atoms with Crippen LogP contribution in [0.4, 0.5) is 0 Å². The molecule has 1 N–H and O–H groups in total. The lowest BCUT2D eigenvalue weighted by Gasteiger charge is -2.14. The minimum absolute atomic E-state index is 0.117. The monoisotopic (exact) mass is 350 g/mol. The molecule has 5 nitrogen and oxygen atoms in total. The third-order valence-corrected chi connectivity index (χ3v) is 5.43. The van der Waals surface area contributed by atoms with Gasteiger partial charge in [-0.3, -0.25) is 4.79 Å². The number of sulfonamides is 1. The summed E-state index contributed by atoms with van der Waals surface area (Å²) in [6.45, 7) is 0.564. The molecular weight excluding hydrogens is 332 g/mol. The maximum Gasteiger partial charge on any atom is 0.230 e. The normalized spacial score (nSPS) is 11.6. The average Bonchev–Trinajstić information content (AvgIpc) is 2.39. The minimum atomic E-state index is -3.20. The molecule has 0 unspecified atom stereocenters. The first-order valence-electron chi connectivity index (χ1n) is 6.30. The highest BCUT2D eigenvalue weighted by atomic mass is 35.5. The van der Waals surface area contributed by atoms with E-state index in [2.05, 4.69) is 5.32 Å². The Hall–Kier alpha value is -0.760. The Kier molecular flexibility index (Phi) is 7.51. The molecule has 0 fully saturated rings. The number of nitrogens with one attached hydrogen (secondary N) is 1. The Morgan fingerprint density at radius 3 is 2.67 bits per heavy atom. The number of nitrogens with zero attached hydrogens (tertiary/aromatic N) is 1. The molecule has 0 aromatic heterocycles. The molecule has 0 atom stereocenters. The van der Waals surface area contributed by atoms with Crippen LogP contribution in [0.25, 0.3) is 0 Å². The topological polar surface area (TPSA) is 66.5 Å². The SMILES string of the molecule is CN(CCNC(=O)CSCc1ccccc1Cl)S(C)(=O)=O. The predicted molar refractivity (Wildman–Crippen MR) is 88.1 cm³/mol. The number of hydrogen-bond acceptors (Lipinski definition) is 4. The van der Waals surface area contributed by atoms with Crippen molar-refractivity contribution in [3.05, 3.63) is 34.9 Å². The summed E-state index contributed by atoms with van der Waals surface area (Å²) in [5.74, 6) is 0.860. The smallest absolute Gasteiger partial charge is 0.230 e. The summed E-state index contributed by atoms with van der Waals surface area (Å²) in [7, 11) is -1.72. The molecule has 0 saturated carbocycles. The summed E-state index contributed by atoms with van der Waals surface area (Å²) in [5, 5.41) is 3.38. The van der Waals surface area contributed by atoms with Gasteiger partial charge in [0, 0.05) is 30.9 Å². The van der Waals surface area contributed by atoms with E-state index in [0.717, 1.165) is 11.8 Å². The van der Waals surface area contributed by atoms with Crippen molar-refractivity contribution in [2.75, 3.05) is 32.1 Å². The van der Waals surface area contributed by atoms with Gasteiger partial charge in [0.1, 0.15) is 0 Å². The molecule has 1 aromatic rings. The highest BCUT2D eigenvalue weighted by Gasteiger charge is 2.10. The largest absolute Gasteiger partial charge is 0.354 e. The Balaban J connectivity index is 2.22. The van der Waals surface area contributed by atoms with E-state index < -0.39 is 10.0 Å². The Labute approximate surface area is 135 Å². The van der Waals surface area contributed by atoms with E-state index >= 15 is 0 Å². The second-order valence-corrected chi connectivity index (χ2v) is 8.00. The fraction of sp³-hybridized carbons (Fsp3) is 0.462. The van der Waals surface area contributed by atoms with E-state index in [1.165, 1.54) is 23.1 Å². The van der Waals surface area contributed by atoms with Crippen molar-refractivity contribution >= 4 is 39.3 Å². The van der Waals surface area contributed by atoms with Crippen molar-refractivity contribution in [1.82, 2.24) is 9.62 Å². The van der Waals surface area contributed by atoms with Gasteiger partial charge in [0.25, 0.3) is 0 Å². The molecule has 0 heterocycles. The van der Waals surface area contributed by atoms with Gasteiger partial charge < -0.3 is 5.32 Å². The zero-order chi connectivity index (χ0) is 15.9. The first-order chi connectivity index (χ1) is 9.80. The van der Waals surface area contributed by atoms with Crippen molar-refractivity contribution < 1.29 is 13.2 Å². The number of benzene rings is 1. The van der Waals surface area contributed by atoms with Gasteiger partial charge in [0.15, 0.2) is 0 Å². The summed E-state index contributed by atoms with van der Waals surface area (Å²) in [4.78, 5) is 11.6. The number of rotatable bonds is 8. The van der Waals surface area contributed by atoms with Gasteiger partial charge in [-0.25, -0.2) is 12.7 Å². The van der Waals surface area contributed by atoms with E-state index in [4.69, 9.17) is 11.6 Å². The van der Waals surface area contributed by atoms with Crippen LogP contribution < -0.4 is 5.32 Å². The lowest BCUT2D eigenvalue weighted by atomic mass is 10.2. The fourth-order valence-electron chi connectivity index (χ4n) is 1.44. The van der Waals surface area contributed by atoms with Crippen molar-refractivity contribution in [1.29, 1.82) is 0 Å². The van der Waals surface area contributed by atoms with E-state index in [1.807, 2.05) is 24.3 Å². The van der Waals surface area contributed by atoms with Crippen LogP contribution in [0.1, 0.15) is 5.56 Å². The zero-order valence-electron chi connectivity index (χ0n) is 12.0. The first-order valence-corrected chi connectivity index (χ1v) is 9.68. The van der Waals surface area contributed by atoms with Crippen molar-refractivity contribution in [2.24, 2.45) is 0 Å². The summed E-state index contributed by atoms with van der Waals surface area (Å²) in [5.41, 5.74) is 0.994. The Morgan fingerprint density at radius 2 is 2.05 bits per heavy atom. The molecule has 0 spiro atoms. The van der Waals surface area contributed by atoms with Crippen molar-refractivity contribution in [3.63, 3.8) is 0 Å². The van der Waals surface area contributed by atoms with E-state index in [-0.39, 0.29) is 12.5 Å². The van der Waals surface area contributed by atoms with Crippen LogP contribution in [0.2, 0.25) is 5.02 Å². The lowest BCUT2D eigenvalue weighted by molar-refractivity contribution is -0.118. The number of hydrogen-bond donors (Lipinski definition) is 1. The highest BCUT2D eigenvalue weighted by molar-refractivity contribution is 7.99. The lowest BCUT2D eigenvalue weighted by Crippen LogP contribution is -2.36. The number of halogens is 1. The summed E-state index contributed by atoms with van der Waals surface area (Å²) >= 11 is 7.49. The van der Waals surface area contributed by atoms with E-state index in [0.29, 0.717) is 23.1 Å². The summed E-state index contributed by atoms with van der Waals surface area (Å²) < 4.78 is 23.5. The van der Waals surface area contributed by atoms with Crippen LogP contribution in [0.3, 0.4) is 0 Å². The van der Waals surface area contributed by atoms with Crippen LogP contribution >= 0.6 is 23.4 Å². The van der Waals surface area contributed by atoms with Gasteiger partial charge >= 0.3 is 0 Å². The first kappa shape index (κ1) is 18.3. The maximum atomic E-state index is 11.6. The van der Waals surface area contributed by atoms with Crippen LogP contribution in [0, 0.1) is 0 Å². The molecule has 1 amide bonds. The molecule has 8 heteroatoms. The van der Waals surface area contributed by atoms with Gasteiger partial charge in [-0.05, 0) is 11.6 Å². The second-order valence-electron chi connectivity index (χ2n) is 4.52. The van der Waals surface area contributed by atoms with Gasteiger partial charge in [0.05, 0.1) is 12.0 Å². The molecular formula is C13H19ClN2O3S2. The number of likely N-dealkylation sites (N-methyl/N-ethyl adjacent to an activating group) is 1. The van der Waals surface area contributed by atoms with Gasteiger partial charge in [0.2, 0.25) is 15.9 Å². The molecule has 0 bridgehead atoms. The molecule has 0 aliphatic carbocycles. The molecule has 0 aliphatic rings. The Morgan fingerprint density at radius 1 is 1.38 bits per heavy atom.